The summed E-state index contributed by atoms with van der Waals surface area (Å²) in [7, 11) is 1.58. The number of methoxy groups -OCH3 is 1. The van der Waals surface area contributed by atoms with Crippen molar-refractivity contribution in [2.75, 3.05) is 37.1 Å². The number of rotatable bonds is 10. The van der Waals surface area contributed by atoms with Gasteiger partial charge in [0.15, 0.2) is 18.1 Å². The molecule has 0 aliphatic carbocycles. The van der Waals surface area contributed by atoms with Crippen LogP contribution in [-0.2, 0) is 16.0 Å². The molecule has 1 N–H and O–H groups in total. The van der Waals surface area contributed by atoms with E-state index in [0.717, 1.165) is 18.4 Å². The SMILES string of the molecule is CCOc1ccc(/C=C/C(=O)Nc2ccc3c(c2)N(CCCc2ccccc2)C(=O)CO3)cc1OC. The van der Waals surface area contributed by atoms with Crippen LogP contribution in [0.15, 0.2) is 72.8 Å². The van der Waals surface area contributed by atoms with Crippen molar-refractivity contribution < 1.29 is 23.8 Å². The van der Waals surface area contributed by atoms with Crippen LogP contribution in [0.3, 0.4) is 0 Å². The third kappa shape index (κ3) is 6.24. The monoisotopic (exact) mass is 486 g/mol. The zero-order chi connectivity index (χ0) is 25.3. The van der Waals surface area contributed by atoms with E-state index in [0.29, 0.717) is 41.8 Å². The van der Waals surface area contributed by atoms with E-state index in [1.54, 1.807) is 36.3 Å². The fourth-order valence-corrected chi connectivity index (χ4v) is 4.03. The molecule has 0 fully saturated rings. The Labute approximate surface area is 211 Å². The number of benzene rings is 3. The van der Waals surface area contributed by atoms with Crippen molar-refractivity contribution in [3.63, 3.8) is 0 Å². The van der Waals surface area contributed by atoms with Crippen molar-refractivity contribution in [2.24, 2.45) is 0 Å². The van der Waals surface area contributed by atoms with Gasteiger partial charge in [-0.05, 0) is 67.3 Å². The number of nitrogens with one attached hydrogen (secondary N) is 1. The molecule has 0 saturated heterocycles. The van der Waals surface area contributed by atoms with Gasteiger partial charge in [0, 0.05) is 18.3 Å². The molecule has 0 atom stereocenters. The lowest BCUT2D eigenvalue weighted by Gasteiger charge is -2.30. The maximum Gasteiger partial charge on any atom is 0.265 e. The highest BCUT2D eigenvalue weighted by Gasteiger charge is 2.25. The molecule has 1 aliphatic heterocycles. The van der Waals surface area contributed by atoms with Crippen LogP contribution in [0.1, 0.15) is 24.5 Å². The minimum absolute atomic E-state index is 0.0122. The van der Waals surface area contributed by atoms with Gasteiger partial charge >= 0.3 is 0 Å². The quantitative estimate of drug-likeness (QED) is 0.403. The van der Waals surface area contributed by atoms with Gasteiger partial charge in [0.1, 0.15) is 5.75 Å². The van der Waals surface area contributed by atoms with E-state index in [-0.39, 0.29) is 18.4 Å². The molecule has 0 bridgehead atoms. The molecule has 7 heteroatoms. The predicted octanol–water partition coefficient (Wildman–Crippen LogP) is 5.10. The topological polar surface area (TPSA) is 77.1 Å². The molecule has 36 heavy (non-hydrogen) atoms. The summed E-state index contributed by atoms with van der Waals surface area (Å²) in [6, 6.07) is 21.0. The van der Waals surface area contributed by atoms with E-state index in [2.05, 4.69) is 17.4 Å². The van der Waals surface area contributed by atoms with E-state index in [1.807, 2.05) is 43.3 Å². The minimum atomic E-state index is -0.290. The normalized spacial score (nSPS) is 12.7. The number of anilines is 2. The Bertz CT molecular complexity index is 1240. The van der Waals surface area contributed by atoms with Crippen LogP contribution in [0, 0.1) is 0 Å². The molecule has 3 aromatic rings. The van der Waals surface area contributed by atoms with Crippen molar-refractivity contribution in [2.45, 2.75) is 19.8 Å². The highest BCUT2D eigenvalue weighted by molar-refractivity contribution is 6.03. The van der Waals surface area contributed by atoms with Crippen molar-refractivity contribution >= 4 is 29.3 Å². The number of fused-ring (bicyclic) bond motifs is 1. The van der Waals surface area contributed by atoms with Crippen LogP contribution >= 0.6 is 0 Å². The molecular weight excluding hydrogens is 456 g/mol. The van der Waals surface area contributed by atoms with Crippen LogP contribution in [0.2, 0.25) is 0 Å². The maximum absolute atomic E-state index is 12.6. The Balaban J connectivity index is 1.42. The molecule has 1 aliphatic rings. The lowest BCUT2D eigenvalue weighted by Crippen LogP contribution is -2.39. The van der Waals surface area contributed by atoms with Gasteiger partial charge < -0.3 is 24.4 Å². The number of carbonyl (C=O) groups is 2. The van der Waals surface area contributed by atoms with Gasteiger partial charge in [-0.1, -0.05) is 36.4 Å². The van der Waals surface area contributed by atoms with E-state index in [9.17, 15) is 9.59 Å². The van der Waals surface area contributed by atoms with Gasteiger partial charge in [0.25, 0.3) is 5.91 Å². The number of aryl methyl sites for hydroxylation is 1. The van der Waals surface area contributed by atoms with Crippen molar-refractivity contribution in [3.8, 4) is 17.2 Å². The standard InChI is InChI=1S/C29H30N2O5/c1-3-35-26-14-11-22(18-27(26)34-2)12-16-28(32)30-23-13-15-25-24(19-23)31(29(33)20-36-25)17-7-10-21-8-5-4-6-9-21/h4-6,8-9,11-16,18-19H,3,7,10,17,20H2,1-2H3,(H,30,32)/b16-12+. The Hall–Kier alpha value is -4.26. The van der Waals surface area contributed by atoms with Gasteiger partial charge in [0.2, 0.25) is 5.91 Å². The number of nitrogens with zero attached hydrogens (tertiary/aromatic N) is 1. The molecule has 1 heterocycles. The average Bonchev–Trinajstić information content (AvgIpc) is 2.90. The highest BCUT2D eigenvalue weighted by atomic mass is 16.5. The van der Waals surface area contributed by atoms with Crippen LogP contribution < -0.4 is 24.4 Å². The molecule has 0 unspecified atom stereocenters. The van der Waals surface area contributed by atoms with E-state index in [1.165, 1.54) is 11.6 Å². The summed E-state index contributed by atoms with van der Waals surface area (Å²) >= 11 is 0. The van der Waals surface area contributed by atoms with E-state index < -0.39 is 0 Å². The third-order valence-electron chi connectivity index (χ3n) is 5.77. The Morgan fingerprint density at radius 2 is 1.92 bits per heavy atom. The smallest absolute Gasteiger partial charge is 0.265 e. The summed E-state index contributed by atoms with van der Waals surface area (Å²) in [5.74, 6) is 1.50. The molecule has 0 radical (unpaired) electrons. The molecular formula is C29H30N2O5. The number of carbonyl (C=O) groups excluding carboxylic acids is 2. The Kier molecular flexibility index (Phi) is 8.24. The van der Waals surface area contributed by atoms with Gasteiger partial charge in [-0.2, -0.15) is 0 Å². The molecule has 3 aromatic carbocycles. The summed E-state index contributed by atoms with van der Waals surface area (Å²) < 4.78 is 16.5. The molecule has 4 rings (SSSR count). The first kappa shape index (κ1) is 24.9. The molecule has 186 valence electrons. The fraction of sp³-hybridized carbons (Fsp3) is 0.241. The maximum atomic E-state index is 12.6. The number of amides is 2. The van der Waals surface area contributed by atoms with Crippen LogP contribution in [0.4, 0.5) is 11.4 Å². The molecule has 2 amide bonds. The van der Waals surface area contributed by atoms with Crippen molar-refractivity contribution in [1.29, 1.82) is 0 Å². The summed E-state index contributed by atoms with van der Waals surface area (Å²) in [5.41, 5.74) is 3.28. The van der Waals surface area contributed by atoms with Gasteiger partial charge in [-0.15, -0.1) is 0 Å². The lowest BCUT2D eigenvalue weighted by molar-refractivity contribution is -0.121. The number of hydrogen-bond acceptors (Lipinski definition) is 5. The predicted molar refractivity (Wildman–Crippen MR) is 141 cm³/mol. The summed E-state index contributed by atoms with van der Waals surface area (Å²) in [4.78, 5) is 26.9. The minimum Gasteiger partial charge on any atom is -0.493 e. The first-order chi connectivity index (χ1) is 17.6. The summed E-state index contributed by atoms with van der Waals surface area (Å²) in [6.45, 7) is 3.03. The molecule has 0 aromatic heterocycles. The Morgan fingerprint density at radius 3 is 2.69 bits per heavy atom. The number of hydrogen-bond donors (Lipinski definition) is 1. The molecule has 0 spiro atoms. The first-order valence-electron chi connectivity index (χ1n) is 12.0. The zero-order valence-corrected chi connectivity index (χ0v) is 20.5. The second-order valence-electron chi connectivity index (χ2n) is 8.27. The fourth-order valence-electron chi connectivity index (χ4n) is 4.03. The Morgan fingerprint density at radius 1 is 1.08 bits per heavy atom. The van der Waals surface area contributed by atoms with Crippen molar-refractivity contribution in [3.05, 3.63) is 83.9 Å². The van der Waals surface area contributed by atoms with E-state index in [4.69, 9.17) is 14.2 Å². The second kappa shape index (κ2) is 11.9. The zero-order valence-electron chi connectivity index (χ0n) is 20.5. The third-order valence-corrected chi connectivity index (χ3v) is 5.77. The second-order valence-corrected chi connectivity index (χ2v) is 8.27. The molecule has 7 nitrogen and oxygen atoms in total. The van der Waals surface area contributed by atoms with Crippen LogP contribution in [0.25, 0.3) is 6.08 Å². The van der Waals surface area contributed by atoms with E-state index >= 15 is 0 Å². The van der Waals surface area contributed by atoms with Crippen molar-refractivity contribution in [1.82, 2.24) is 0 Å². The average molecular weight is 487 g/mol. The summed E-state index contributed by atoms with van der Waals surface area (Å²) in [6.07, 6.45) is 4.85. The highest BCUT2D eigenvalue weighted by Crippen LogP contribution is 2.35. The van der Waals surface area contributed by atoms with Gasteiger partial charge in [-0.3, -0.25) is 9.59 Å². The molecule has 0 saturated carbocycles. The summed E-state index contributed by atoms with van der Waals surface area (Å²) in [5, 5.41) is 2.86. The largest absolute Gasteiger partial charge is 0.493 e. The van der Waals surface area contributed by atoms with Crippen LogP contribution in [-0.4, -0.2) is 38.7 Å². The van der Waals surface area contributed by atoms with Crippen LogP contribution in [0.5, 0.6) is 17.2 Å². The first-order valence-corrected chi connectivity index (χ1v) is 12.0. The number of ether oxygens (including phenoxy) is 3. The van der Waals surface area contributed by atoms with Gasteiger partial charge in [0.05, 0.1) is 19.4 Å². The van der Waals surface area contributed by atoms with Gasteiger partial charge in [-0.25, -0.2) is 0 Å². The lowest BCUT2D eigenvalue weighted by atomic mass is 10.1.